The third-order valence-electron chi connectivity index (χ3n) is 5.02. The van der Waals surface area contributed by atoms with E-state index in [0.717, 1.165) is 9.87 Å². The van der Waals surface area contributed by atoms with Crippen LogP contribution in [0, 0.1) is 0 Å². The fourth-order valence-electron chi connectivity index (χ4n) is 3.17. The Labute approximate surface area is 214 Å². The Morgan fingerprint density at radius 1 is 0.944 bits per heavy atom. The van der Waals surface area contributed by atoms with E-state index < -0.39 is 22.5 Å². The van der Waals surface area contributed by atoms with Crippen LogP contribution in [0.4, 0.5) is 11.4 Å². The molecule has 3 rings (SSSR count). The molecule has 0 radical (unpaired) electrons. The largest absolute Gasteiger partial charge is 0.497 e. The van der Waals surface area contributed by atoms with Crippen LogP contribution in [-0.4, -0.2) is 39.6 Å². The standard InChI is InChI=1S/C25H25ClN4O5S/c1-17(19-4-6-20(26)7-5-19)28-29-25(32)16-30(22-10-12-23(35-3)13-11-22)36(33,34)24-14-8-21(9-15-24)27-18(2)31/h4-15H,16H2,1-3H3,(H,27,31)(H,29,32)/b28-17-. The maximum absolute atomic E-state index is 13.5. The van der Waals surface area contributed by atoms with E-state index in [1.54, 1.807) is 43.3 Å². The molecular weight excluding hydrogens is 504 g/mol. The smallest absolute Gasteiger partial charge is 0.264 e. The molecule has 3 aromatic carbocycles. The maximum atomic E-state index is 13.5. The number of hydrazone groups is 1. The summed E-state index contributed by atoms with van der Waals surface area (Å²) in [5, 5.41) is 7.24. The second-order valence-corrected chi connectivity index (χ2v) is 9.95. The van der Waals surface area contributed by atoms with Gasteiger partial charge >= 0.3 is 0 Å². The Hall–Kier alpha value is -3.89. The molecule has 0 aromatic heterocycles. The summed E-state index contributed by atoms with van der Waals surface area (Å²) in [6.45, 7) is 2.53. The monoisotopic (exact) mass is 528 g/mol. The molecule has 0 heterocycles. The van der Waals surface area contributed by atoms with Crippen molar-refractivity contribution in [3.8, 4) is 5.75 Å². The number of hydrogen-bond acceptors (Lipinski definition) is 6. The number of carbonyl (C=O) groups is 2. The second kappa shape index (κ2) is 11.7. The van der Waals surface area contributed by atoms with Crippen molar-refractivity contribution in [2.45, 2.75) is 18.7 Å². The molecule has 0 spiro atoms. The Bertz CT molecular complexity index is 1360. The Morgan fingerprint density at radius 3 is 2.11 bits per heavy atom. The van der Waals surface area contributed by atoms with Gasteiger partial charge in [0.1, 0.15) is 12.3 Å². The fourth-order valence-corrected chi connectivity index (χ4v) is 4.72. The minimum absolute atomic E-state index is 0.0546. The highest BCUT2D eigenvalue weighted by Gasteiger charge is 2.27. The summed E-state index contributed by atoms with van der Waals surface area (Å²) in [6.07, 6.45) is 0. The molecule has 2 N–H and O–H groups in total. The lowest BCUT2D eigenvalue weighted by molar-refractivity contribution is -0.119. The Morgan fingerprint density at radius 2 is 1.56 bits per heavy atom. The number of nitrogens with one attached hydrogen (secondary N) is 2. The second-order valence-electron chi connectivity index (χ2n) is 7.65. The molecule has 0 fully saturated rings. The van der Waals surface area contributed by atoms with Crippen LogP contribution in [0.5, 0.6) is 5.75 Å². The highest BCUT2D eigenvalue weighted by Crippen LogP contribution is 2.26. The third-order valence-corrected chi connectivity index (χ3v) is 7.06. The number of ether oxygens (including phenoxy) is 1. The topological polar surface area (TPSA) is 117 Å². The fraction of sp³-hybridized carbons (Fsp3) is 0.160. The number of anilines is 2. The van der Waals surface area contributed by atoms with Gasteiger partial charge in [-0.2, -0.15) is 5.10 Å². The molecule has 11 heteroatoms. The number of methoxy groups -OCH3 is 1. The summed E-state index contributed by atoms with van der Waals surface area (Å²) < 4.78 is 33.2. The summed E-state index contributed by atoms with van der Waals surface area (Å²) in [6, 6.07) is 18.8. The summed E-state index contributed by atoms with van der Waals surface area (Å²) in [5.74, 6) is -0.391. The molecule has 0 bridgehead atoms. The van der Waals surface area contributed by atoms with Gasteiger partial charge in [0.25, 0.3) is 15.9 Å². The van der Waals surface area contributed by atoms with Crippen molar-refractivity contribution in [2.24, 2.45) is 5.10 Å². The van der Waals surface area contributed by atoms with E-state index in [1.165, 1.54) is 50.4 Å². The van der Waals surface area contributed by atoms with Crippen LogP contribution in [0.2, 0.25) is 5.02 Å². The summed E-state index contributed by atoms with van der Waals surface area (Å²) in [5.41, 5.74) is 4.39. The van der Waals surface area contributed by atoms with Crippen molar-refractivity contribution in [2.75, 3.05) is 23.3 Å². The molecule has 9 nitrogen and oxygen atoms in total. The quantitative estimate of drug-likeness (QED) is 0.321. The lowest BCUT2D eigenvalue weighted by Crippen LogP contribution is -2.39. The molecular formula is C25H25ClN4O5S. The van der Waals surface area contributed by atoms with Crippen molar-refractivity contribution < 1.29 is 22.7 Å². The predicted molar refractivity (Wildman–Crippen MR) is 140 cm³/mol. The first-order valence-electron chi connectivity index (χ1n) is 10.7. The van der Waals surface area contributed by atoms with Crippen LogP contribution in [0.15, 0.2) is 82.8 Å². The zero-order valence-corrected chi connectivity index (χ0v) is 21.4. The molecule has 0 aliphatic rings. The number of nitrogens with zero attached hydrogens (tertiary/aromatic N) is 2. The van der Waals surface area contributed by atoms with Crippen LogP contribution >= 0.6 is 11.6 Å². The van der Waals surface area contributed by atoms with Crippen molar-refractivity contribution in [3.63, 3.8) is 0 Å². The van der Waals surface area contributed by atoms with Gasteiger partial charge in [0.2, 0.25) is 5.91 Å². The highest BCUT2D eigenvalue weighted by molar-refractivity contribution is 7.92. The third kappa shape index (κ3) is 6.83. The van der Waals surface area contributed by atoms with Gasteiger partial charge in [0, 0.05) is 17.6 Å². The van der Waals surface area contributed by atoms with E-state index in [2.05, 4.69) is 15.8 Å². The Kier molecular flexibility index (Phi) is 8.68. The minimum atomic E-state index is -4.15. The number of sulfonamides is 1. The van der Waals surface area contributed by atoms with E-state index in [1.807, 2.05) is 0 Å². The maximum Gasteiger partial charge on any atom is 0.264 e. The van der Waals surface area contributed by atoms with E-state index in [-0.39, 0.29) is 16.5 Å². The lowest BCUT2D eigenvalue weighted by Gasteiger charge is -2.24. The van der Waals surface area contributed by atoms with Gasteiger partial charge in [0.15, 0.2) is 0 Å². The highest BCUT2D eigenvalue weighted by atomic mass is 35.5. The van der Waals surface area contributed by atoms with Gasteiger partial charge in [-0.25, -0.2) is 13.8 Å². The average Bonchev–Trinajstić information content (AvgIpc) is 2.86. The first kappa shape index (κ1) is 26.7. The molecule has 0 saturated heterocycles. The zero-order valence-electron chi connectivity index (χ0n) is 19.9. The normalized spacial score (nSPS) is 11.5. The lowest BCUT2D eigenvalue weighted by atomic mass is 10.1. The van der Waals surface area contributed by atoms with Crippen molar-refractivity contribution in [3.05, 3.63) is 83.4 Å². The van der Waals surface area contributed by atoms with E-state index in [0.29, 0.717) is 22.2 Å². The molecule has 0 atom stereocenters. The van der Waals surface area contributed by atoms with Crippen LogP contribution < -0.4 is 19.8 Å². The number of hydrogen-bond donors (Lipinski definition) is 2. The number of carbonyl (C=O) groups excluding carboxylic acids is 2. The molecule has 0 unspecified atom stereocenters. The zero-order chi connectivity index (χ0) is 26.3. The van der Waals surface area contributed by atoms with Gasteiger partial charge in [-0.05, 0) is 73.2 Å². The van der Waals surface area contributed by atoms with E-state index in [9.17, 15) is 18.0 Å². The number of amides is 2. The molecule has 0 aliphatic heterocycles. The summed E-state index contributed by atoms with van der Waals surface area (Å²) in [7, 11) is -2.66. The molecule has 188 valence electrons. The predicted octanol–water partition coefficient (Wildman–Crippen LogP) is 4.04. The van der Waals surface area contributed by atoms with Crippen LogP contribution in [0.25, 0.3) is 0 Å². The van der Waals surface area contributed by atoms with Gasteiger partial charge in [-0.3, -0.25) is 13.9 Å². The first-order chi connectivity index (χ1) is 17.1. The van der Waals surface area contributed by atoms with Crippen molar-refractivity contribution in [1.82, 2.24) is 5.43 Å². The molecule has 3 aromatic rings. The van der Waals surface area contributed by atoms with E-state index in [4.69, 9.17) is 16.3 Å². The number of benzene rings is 3. The van der Waals surface area contributed by atoms with Gasteiger partial charge in [-0.1, -0.05) is 23.7 Å². The van der Waals surface area contributed by atoms with Crippen LogP contribution in [-0.2, 0) is 19.6 Å². The minimum Gasteiger partial charge on any atom is -0.497 e. The Balaban J connectivity index is 1.87. The van der Waals surface area contributed by atoms with Crippen molar-refractivity contribution >= 4 is 50.5 Å². The summed E-state index contributed by atoms with van der Waals surface area (Å²) in [4.78, 5) is 24.0. The van der Waals surface area contributed by atoms with Crippen LogP contribution in [0.3, 0.4) is 0 Å². The molecule has 36 heavy (non-hydrogen) atoms. The molecule has 0 aliphatic carbocycles. The van der Waals surface area contributed by atoms with Gasteiger partial charge in [0.05, 0.1) is 23.4 Å². The van der Waals surface area contributed by atoms with E-state index >= 15 is 0 Å². The van der Waals surface area contributed by atoms with Crippen LogP contribution in [0.1, 0.15) is 19.4 Å². The average molecular weight is 529 g/mol. The number of halogens is 1. The molecule has 2 amide bonds. The molecule has 0 saturated carbocycles. The summed E-state index contributed by atoms with van der Waals surface area (Å²) >= 11 is 5.90. The SMILES string of the molecule is COc1ccc(N(CC(=O)N/N=C(/C)c2ccc(Cl)cc2)S(=O)(=O)c2ccc(NC(C)=O)cc2)cc1. The van der Waals surface area contributed by atoms with Gasteiger partial charge < -0.3 is 10.1 Å². The van der Waals surface area contributed by atoms with Gasteiger partial charge in [-0.15, -0.1) is 0 Å². The van der Waals surface area contributed by atoms with Crippen molar-refractivity contribution in [1.29, 1.82) is 0 Å². The first-order valence-corrected chi connectivity index (χ1v) is 12.6. The number of rotatable bonds is 9.